The Morgan fingerprint density at radius 1 is 1.16 bits per heavy atom. The third-order valence-corrected chi connectivity index (χ3v) is 5.37. The third-order valence-electron chi connectivity index (χ3n) is 5.04. The first kappa shape index (κ1) is 21.9. The molecule has 166 valence electrons. The Balaban J connectivity index is 1.85. The predicted molar refractivity (Wildman–Crippen MR) is 118 cm³/mol. The maximum Gasteiger partial charge on any atom is 0.326 e. The second-order valence-corrected chi connectivity index (χ2v) is 8.23. The van der Waals surface area contributed by atoms with Crippen molar-refractivity contribution in [3.8, 4) is 23.0 Å². The summed E-state index contributed by atoms with van der Waals surface area (Å²) in [7, 11) is 0. The summed E-state index contributed by atoms with van der Waals surface area (Å²) in [6, 6.07) is 9.45. The molecule has 32 heavy (non-hydrogen) atoms. The zero-order chi connectivity index (χ0) is 23.0. The van der Waals surface area contributed by atoms with Gasteiger partial charge in [-0.3, -0.25) is 5.10 Å². The van der Waals surface area contributed by atoms with Crippen molar-refractivity contribution in [1.29, 1.82) is 0 Å². The number of aromatic nitrogens is 4. The molecule has 7 nitrogen and oxygen atoms in total. The van der Waals surface area contributed by atoms with E-state index in [2.05, 4.69) is 25.5 Å². The van der Waals surface area contributed by atoms with E-state index >= 15 is 0 Å². The lowest BCUT2D eigenvalue weighted by atomic mass is 10.0. The molecule has 3 N–H and O–H groups in total. The molecule has 0 saturated carbocycles. The summed E-state index contributed by atoms with van der Waals surface area (Å²) in [6.07, 6.45) is 0. The predicted octanol–water partition coefficient (Wildman–Crippen LogP) is 5.32. The molecule has 4 aromatic rings. The second-order valence-electron chi connectivity index (χ2n) is 7.83. The molecular formula is C22H20ClF2N5O2. The zero-order valence-electron chi connectivity index (χ0n) is 17.4. The summed E-state index contributed by atoms with van der Waals surface area (Å²) in [5.74, 6) is -1.57. The topological polar surface area (TPSA) is 96.0 Å². The van der Waals surface area contributed by atoms with Gasteiger partial charge >= 0.3 is 6.01 Å². The van der Waals surface area contributed by atoms with E-state index < -0.39 is 23.3 Å². The van der Waals surface area contributed by atoms with Gasteiger partial charge in [-0.2, -0.15) is 15.1 Å². The van der Waals surface area contributed by atoms with Gasteiger partial charge in [0.1, 0.15) is 17.3 Å². The van der Waals surface area contributed by atoms with Gasteiger partial charge in [-0.05, 0) is 39.0 Å². The lowest BCUT2D eigenvalue weighted by Crippen LogP contribution is -2.39. The first-order valence-electron chi connectivity index (χ1n) is 9.76. The van der Waals surface area contributed by atoms with Gasteiger partial charge in [-0.25, -0.2) is 8.78 Å². The van der Waals surface area contributed by atoms with Crippen molar-refractivity contribution in [3.05, 3.63) is 59.1 Å². The Morgan fingerprint density at radius 2 is 1.91 bits per heavy atom. The Labute approximate surface area is 187 Å². The van der Waals surface area contributed by atoms with E-state index in [0.717, 1.165) is 12.1 Å². The molecule has 0 amide bonds. The summed E-state index contributed by atoms with van der Waals surface area (Å²) in [4.78, 5) is 8.66. The average Bonchev–Trinajstić information content (AvgIpc) is 3.14. The van der Waals surface area contributed by atoms with Gasteiger partial charge in [0.2, 0.25) is 0 Å². The zero-order valence-corrected chi connectivity index (χ0v) is 18.2. The van der Waals surface area contributed by atoms with Gasteiger partial charge < -0.3 is 15.2 Å². The van der Waals surface area contributed by atoms with Gasteiger partial charge in [0, 0.05) is 11.6 Å². The number of benzene rings is 2. The highest BCUT2D eigenvalue weighted by Gasteiger charge is 2.26. The van der Waals surface area contributed by atoms with Crippen LogP contribution >= 0.6 is 11.6 Å². The van der Waals surface area contributed by atoms with Crippen LogP contribution in [0, 0.1) is 11.6 Å². The van der Waals surface area contributed by atoms with Gasteiger partial charge in [-0.15, -0.1) is 0 Å². The number of fused-ring (bicyclic) bond motifs is 1. The number of H-pyrrole nitrogens is 1. The van der Waals surface area contributed by atoms with Crippen LogP contribution in [0.4, 0.5) is 14.6 Å². The van der Waals surface area contributed by atoms with Gasteiger partial charge in [-0.1, -0.05) is 29.8 Å². The van der Waals surface area contributed by atoms with Crippen LogP contribution in [-0.4, -0.2) is 36.9 Å². The van der Waals surface area contributed by atoms with Gasteiger partial charge in [0.15, 0.2) is 17.2 Å². The average molecular weight is 460 g/mol. The molecule has 2 aromatic carbocycles. The largest absolute Gasteiger partial charge is 0.421 e. The first-order chi connectivity index (χ1) is 15.1. The molecule has 0 aliphatic carbocycles. The molecule has 2 heterocycles. The van der Waals surface area contributed by atoms with Crippen LogP contribution in [0.5, 0.6) is 11.8 Å². The molecule has 10 heteroatoms. The molecule has 0 saturated heterocycles. The maximum absolute atomic E-state index is 14.1. The van der Waals surface area contributed by atoms with E-state index in [-0.39, 0.29) is 11.8 Å². The molecule has 0 aliphatic rings. The van der Waals surface area contributed by atoms with E-state index in [1.807, 2.05) is 6.07 Å². The summed E-state index contributed by atoms with van der Waals surface area (Å²) >= 11 is 6.36. The smallest absolute Gasteiger partial charge is 0.326 e. The Kier molecular flexibility index (Phi) is 5.70. The summed E-state index contributed by atoms with van der Waals surface area (Å²) in [5.41, 5.74) is 0.366. The van der Waals surface area contributed by atoms with Crippen LogP contribution in [0.3, 0.4) is 0 Å². The van der Waals surface area contributed by atoms with Crippen molar-refractivity contribution >= 4 is 28.5 Å². The minimum absolute atomic E-state index is 0.192. The van der Waals surface area contributed by atoms with Crippen molar-refractivity contribution in [2.45, 2.75) is 32.4 Å². The fourth-order valence-corrected chi connectivity index (χ4v) is 3.17. The normalized spacial score (nSPS) is 12.7. The molecule has 1 atom stereocenters. The first-order valence-corrected chi connectivity index (χ1v) is 10.1. The fraction of sp³-hybridized carbons (Fsp3) is 0.227. The molecule has 0 aliphatic heterocycles. The number of ether oxygens (including phenoxy) is 1. The quantitative estimate of drug-likeness (QED) is 0.361. The van der Waals surface area contributed by atoms with E-state index in [1.165, 1.54) is 0 Å². The minimum atomic E-state index is -1.09. The Hall–Kier alpha value is -3.30. The number of hydrogen-bond donors (Lipinski definition) is 3. The molecule has 2 aromatic heterocycles. The van der Waals surface area contributed by atoms with Crippen molar-refractivity contribution in [3.63, 3.8) is 0 Å². The van der Waals surface area contributed by atoms with E-state index in [0.29, 0.717) is 39.2 Å². The van der Waals surface area contributed by atoms with E-state index in [1.54, 1.807) is 39.0 Å². The highest BCUT2D eigenvalue weighted by atomic mass is 35.5. The number of rotatable bonds is 6. The van der Waals surface area contributed by atoms with Gasteiger partial charge in [0.25, 0.3) is 0 Å². The van der Waals surface area contributed by atoms with Crippen LogP contribution in [0.15, 0.2) is 42.5 Å². The SMILES string of the molecule is CC(Nc1nc(Oc2ccc(F)cc2F)nc2[nH]nc(-c3ccccc3Cl)c12)C(C)(C)O. The van der Waals surface area contributed by atoms with E-state index in [9.17, 15) is 13.9 Å². The third kappa shape index (κ3) is 4.35. The van der Waals surface area contributed by atoms with Crippen LogP contribution in [0.2, 0.25) is 5.02 Å². The van der Waals surface area contributed by atoms with Crippen LogP contribution < -0.4 is 10.1 Å². The monoisotopic (exact) mass is 459 g/mol. The molecule has 0 radical (unpaired) electrons. The number of halogens is 3. The number of aliphatic hydroxyl groups is 1. The molecule has 4 rings (SSSR count). The lowest BCUT2D eigenvalue weighted by Gasteiger charge is -2.27. The van der Waals surface area contributed by atoms with E-state index in [4.69, 9.17) is 16.3 Å². The molecule has 0 spiro atoms. The highest BCUT2D eigenvalue weighted by molar-refractivity contribution is 6.33. The van der Waals surface area contributed by atoms with Crippen molar-refractivity contribution in [2.24, 2.45) is 0 Å². The van der Waals surface area contributed by atoms with Crippen LogP contribution in [0.1, 0.15) is 20.8 Å². The Morgan fingerprint density at radius 3 is 2.59 bits per heavy atom. The number of nitrogens with zero attached hydrogens (tertiary/aromatic N) is 3. The maximum atomic E-state index is 14.1. The lowest BCUT2D eigenvalue weighted by molar-refractivity contribution is 0.0648. The molecule has 0 bridgehead atoms. The Bertz CT molecular complexity index is 1290. The molecular weight excluding hydrogens is 440 g/mol. The van der Waals surface area contributed by atoms with Gasteiger partial charge in [0.05, 0.1) is 22.1 Å². The van der Waals surface area contributed by atoms with Crippen LogP contribution in [0.25, 0.3) is 22.3 Å². The summed E-state index contributed by atoms with van der Waals surface area (Å²) < 4.78 is 32.8. The molecule has 1 unspecified atom stereocenters. The number of nitrogens with one attached hydrogen (secondary N) is 2. The summed E-state index contributed by atoms with van der Waals surface area (Å²) in [6.45, 7) is 5.08. The standard InChI is InChI=1S/C22H20ClF2N5O2/c1-11(22(2,3)31)26-19-17-18(13-6-4-5-7-14(13)23)29-30-20(17)28-21(27-19)32-16-9-8-12(24)10-15(16)25/h4-11,31H,1-3H3,(H2,26,27,28,29,30). The molecule has 0 fully saturated rings. The van der Waals surface area contributed by atoms with Crippen LogP contribution in [-0.2, 0) is 0 Å². The fourth-order valence-electron chi connectivity index (χ4n) is 2.95. The number of aromatic amines is 1. The minimum Gasteiger partial charge on any atom is -0.421 e. The number of anilines is 1. The van der Waals surface area contributed by atoms with Crippen molar-refractivity contribution in [1.82, 2.24) is 20.2 Å². The second kappa shape index (κ2) is 8.33. The number of hydrogen-bond acceptors (Lipinski definition) is 6. The van der Waals surface area contributed by atoms with Crippen molar-refractivity contribution in [2.75, 3.05) is 5.32 Å². The summed E-state index contributed by atoms with van der Waals surface area (Å²) in [5, 5.41) is 21.7. The van der Waals surface area contributed by atoms with Crippen molar-refractivity contribution < 1.29 is 18.6 Å². The highest BCUT2D eigenvalue weighted by Crippen LogP contribution is 2.36.